The lowest BCUT2D eigenvalue weighted by atomic mass is 9.97. The fourth-order valence-corrected chi connectivity index (χ4v) is 21.6. The van der Waals surface area contributed by atoms with Crippen LogP contribution in [0.25, 0.3) is 0 Å². The molecule has 0 bridgehead atoms. The number of sulfonamides is 1. The van der Waals surface area contributed by atoms with Crippen LogP contribution in [-0.2, 0) is 42.6 Å². The lowest BCUT2D eigenvalue weighted by Crippen LogP contribution is -2.48. The van der Waals surface area contributed by atoms with E-state index >= 15 is 0 Å². The molecular formula is C81H114Br4Cl2F8N18O11S2Si2. The van der Waals surface area contributed by atoms with Crippen LogP contribution >= 0.6 is 85.5 Å². The molecule has 0 radical (unpaired) electrons. The normalized spacial score (nSPS) is 18.8. The Morgan fingerprint density at radius 1 is 0.609 bits per heavy atom. The number of carbonyl (C=O) groups excluding carboxylic acids is 3. The minimum absolute atomic E-state index is 0.00257. The Morgan fingerprint density at radius 2 is 1.05 bits per heavy atom. The average Bonchev–Trinajstić information content (AvgIpc) is 1.62. The number of pyridine rings is 4. The molecule has 5 saturated heterocycles. The van der Waals surface area contributed by atoms with Crippen LogP contribution in [0, 0.1) is 43.5 Å². The lowest BCUT2D eigenvalue weighted by Gasteiger charge is -2.33. The van der Waals surface area contributed by atoms with E-state index in [-0.39, 0.29) is 61.1 Å². The number of nitrogens with zero attached hydrogens (tertiary/aromatic N) is 14. The van der Waals surface area contributed by atoms with Gasteiger partial charge in [0.1, 0.15) is 65.9 Å². The molecule has 2 unspecified atom stereocenters. The van der Waals surface area contributed by atoms with Gasteiger partial charge in [-0.1, -0.05) is 47.0 Å². The van der Waals surface area contributed by atoms with Gasteiger partial charge in [-0.3, -0.25) is 23.7 Å². The van der Waals surface area contributed by atoms with E-state index in [4.69, 9.17) is 47.8 Å². The molecule has 29 nitrogen and oxygen atoms in total. The van der Waals surface area contributed by atoms with E-state index in [1.165, 1.54) is 65.8 Å². The molecule has 128 heavy (non-hydrogen) atoms. The predicted molar refractivity (Wildman–Crippen MR) is 495 cm³/mol. The first kappa shape index (κ1) is 112. The number of ether oxygens (including phenoxy) is 2. The fourth-order valence-electron chi connectivity index (χ4n) is 14.5. The largest absolute Gasteiger partial charge is 0.478 e. The molecule has 0 aliphatic carbocycles. The van der Waals surface area contributed by atoms with Crippen molar-refractivity contribution < 1.29 is 85.7 Å². The molecule has 5 fully saturated rings. The molecule has 13 rings (SSSR count). The van der Waals surface area contributed by atoms with Crippen molar-refractivity contribution in [2.75, 3.05) is 42.6 Å². The van der Waals surface area contributed by atoms with Crippen molar-refractivity contribution in [3.8, 4) is 0 Å². The minimum Gasteiger partial charge on any atom is -0.478 e. The van der Waals surface area contributed by atoms with Gasteiger partial charge >= 0.3 is 18.3 Å². The first-order valence-corrected chi connectivity index (χ1v) is 55.0. The summed E-state index contributed by atoms with van der Waals surface area (Å²) in [6.07, 6.45) is 8.58. The van der Waals surface area contributed by atoms with Crippen molar-refractivity contribution in [1.82, 2.24) is 69.1 Å². The Balaban J connectivity index is 0.000000263. The van der Waals surface area contributed by atoms with Gasteiger partial charge < -0.3 is 41.2 Å². The SMILES string of the molecule is C[C@@H]1CN(c2nc(Br)ccc2C(N)=O)C(C)(C)C1.C[C@@H]1CNC(C)(C)C1.C[Si](C)(CCC(F)(F)F)c1ccnn1C1CCCCO1.C[Si](C)(Cl)CCC(F)(F)F.Cc1nn(C)cc1S(=O)(=O)Cl.Cc1nn(C)cc1S(=O)(=O)NC(=O)c1ccc(Br)nc1N1C[C@@H](C)CC1(C)C.NC(=O)c1ccc(Br)nc1F.O=C(O)c1ccc(Br)nc1F.c1cnn(C2CCCCO2)c1. The van der Waals surface area contributed by atoms with E-state index in [9.17, 15) is 71.1 Å². The van der Waals surface area contributed by atoms with Crippen molar-refractivity contribution in [3.63, 3.8) is 0 Å². The van der Waals surface area contributed by atoms with E-state index in [0.717, 1.165) is 80.1 Å². The number of aryl methyl sites for hydroxylation is 4. The second-order valence-corrected chi connectivity index (χ2v) is 53.7. The highest BCUT2D eigenvalue weighted by Gasteiger charge is 2.42. The van der Waals surface area contributed by atoms with Crippen molar-refractivity contribution >= 4 is 161 Å². The highest BCUT2D eigenvalue weighted by Crippen LogP contribution is 2.40. The maximum Gasteiger partial charge on any atom is 0.388 e. The van der Waals surface area contributed by atoms with Crippen LogP contribution in [0.15, 0.2) is 120 Å². The number of nitrogens with one attached hydrogen (secondary N) is 2. The van der Waals surface area contributed by atoms with Gasteiger partial charge in [0, 0.05) is 117 Å². The number of rotatable bonds is 16. The number of carboxylic acids is 1. The third-order valence-electron chi connectivity index (χ3n) is 20.3. The highest BCUT2D eigenvalue weighted by molar-refractivity contribution is 9.11. The molecule has 13 heterocycles. The number of halogens is 14. The zero-order chi connectivity index (χ0) is 96.8. The summed E-state index contributed by atoms with van der Waals surface area (Å²) in [5, 5.41) is 29.1. The number of primary amides is 2. The number of carboxylic acid groups (broad SMARTS) is 1. The van der Waals surface area contributed by atoms with Crippen LogP contribution in [0.4, 0.5) is 46.8 Å². The number of hydrogen-bond acceptors (Lipinski definition) is 21. The van der Waals surface area contributed by atoms with E-state index < -0.39 is 101 Å². The molecule has 47 heteroatoms. The maximum absolute atomic E-state index is 12.9. The summed E-state index contributed by atoms with van der Waals surface area (Å²) in [5.41, 5.74) is 11.3. The standard InChI is InChI=1S/C18H24BrN5O3S.C13H18BrN3O.C13H21F3N2OSi.C8H12N2O.C7H15N.C6H4BrFN2O.C6H3BrFNO2.C5H10ClF3Si.C5H7ClN2O2S/c1-11-8-18(3,4)24(9-11)16-13(6-7-15(19)20-16)17(25)22-28(26,27)14-10-23(5)21-12(14)2;1-8-6-13(2,3)17(7-8)12-9(11(15)18)4-5-10(14)16-12;1-20(2,10-7-13(14,15)16)12-6-8-17-18(12)11-5-3-4-9-19-11;1-2-7-11-8(4-1)10-6-3-5-9-10;1-6-4-7(2,3)8-5-6;7-4-2-1-3(6(9)11)5(8)10-4;7-4-2-1-3(6(10)11)5(8)9-4;1-10(2,6)4-3-5(7,8)9;1-4-5(11(6,9)10)3-8(2)7-4/h6-7,10-11H,8-9H2,1-5H3,(H,22,25);4-5,8H,6-7H2,1-3H3,(H2,15,18);6,8,11H,3-5,7,9-10H2,1-2H3;3,5-6,8H,1-2,4,7H2;6,8H,4-5H2,1-3H3;1-2H,(H2,9,11);1-2H,(H,10,11);3-4H2,1-2H3;3H,1-2H3/t11-;8-;;;6-;;;;/m00..0..../s1. The Labute approximate surface area is 787 Å². The van der Waals surface area contributed by atoms with Gasteiger partial charge in [-0.05, 0) is 274 Å². The molecule has 0 aromatic carbocycles. The van der Waals surface area contributed by atoms with Gasteiger partial charge in [-0.25, -0.2) is 55.7 Å². The average molecular weight is 2180 g/mol. The number of carbonyl (C=O) groups is 4. The summed E-state index contributed by atoms with van der Waals surface area (Å²) in [6, 6.07) is 16.0. The number of anilines is 2. The molecule has 712 valence electrons. The van der Waals surface area contributed by atoms with Gasteiger partial charge in [-0.15, -0.1) is 0 Å². The number of hydrogen-bond donors (Lipinski definition) is 5. The first-order valence-electron chi connectivity index (χ1n) is 40.6. The van der Waals surface area contributed by atoms with Crippen LogP contribution in [0.5, 0.6) is 0 Å². The highest BCUT2D eigenvalue weighted by atomic mass is 79.9. The van der Waals surface area contributed by atoms with Gasteiger partial charge in [-0.2, -0.15) is 66.6 Å². The molecule has 5 aliphatic heterocycles. The number of alkyl halides is 6. The Hall–Kier alpha value is -6.93. The van der Waals surface area contributed by atoms with Crippen LogP contribution in [0.3, 0.4) is 0 Å². The summed E-state index contributed by atoms with van der Waals surface area (Å²) in [5.74, 6) is -2.05. The van der Waals surface area contributed by atoms with E-state index in [0.29, 0.717) is 61.8 Å². The summed E-state index contributed by atoms with van der Waals surface area (Å²) in [4.78, 5) is 65.0. The molecule has 5 atom stereocenters. The maximum atomic E-state index is 12.9. The van der Waals surface area contributed by atoms with Crippen molar-refractivity contribution in [2.45, 2.75) is 236 Å². The monoisotopic (exact) mass is 2170 g/mol. The molecule has 0 saturated carbocycles. The summed E-state index contributed by atoms with van der Waals surface area (Å²) < 4.78 is 166. The predicted octanol–water partition coefficient (Wildman–Crippen LogP) is 18.4. The molecule has 3 amide bonds. The van der Waals surface area contributed by atoms with Gasteiger partial charge in [0.2, 0.25) is 11.9 Å². The minimum atomic E-state index is -4.09. The Bertz CT molecular complexity index is 5170. The first-order chi connectivity index (χ1) is 58.9. The van der Waals surface area contributed by atoms with Gasteiger partial charge in [0.15, 0.2) is 7.38 Å². The van der Waals surface area contributed by atoms with E-state index in [2.05, 4.69) is 186 Å². The number of amides is 3. The number of nitrogens with two attached hydrogens (primary N) is 2. The lowest BCUT2D eigenvalue weighted by molar-refractivity contribution is -0.131. The van der Waals surface area contributed by atoms with Crippen molar-refractivity contribution in [3.05, 3.63) is 156 Å². The number of aromatic nitrogens is 12. The Kier molecular flexibility index (Phi) is 42.0. The zero-order valence-electron chi connectivity index (χ0n) is 74.3. The summed E-state index contributed by atoms with van der Waals surface area (Å²) in [7, 11) is -3.49. The molecule has 5 aliphatic rings. The second kappa shape index (κ2) is 48.1. The van der Waals surface area contributed by atoms with Crippen LogP contribution < -0.4 is 36.6 Å². The fraction of sp³-hybridized carbons (Fsp3) is 0.556. The van der Waals surface area contributed by atoms with Gasteiger partial charge in [0.05, 0.1) is 28.1 Å². The molecule has 0 spiro atoms. The van der Waals surface area contributed by atoms with Crippen molar-refractivity contribution in [1.29, 1.82) is 0 Å². The van der Waals surface area contributed by atoms with E-state index in [1.807, 2.05) is 40.8 Å². The van der Waals surface area contributed by atoms with Gasteiger partial charge in [0.25, 0.3) is 36.8 Å². The molecule has 8 aromatic rings. The van der Waals surface area contributed by atoms with Crippen LogP contribution in [0.1, 0.15) is 198 Å². The molecular weight excluding hydrogens is 2060 g/mol. The number of aromatic carboxylic acids is 1. The molecule has 8 aromatic heterocycles. The van der Waals surface area contributed by atoms with Crippen molar-refractivity contribution in [2.24, 2.45) is 43.3 Å². The molecule has 7 N–H and O–H groups in total. The Morgan fingerprint density at radius 3 is 1.39 bits per heavy atom. The second-order valence-electron chi connectivity index (χ2n) is 34.5. The topological polar surface area (TPSA) is 381 Å². The smallest absolute Gasteiger partial charge is 0.388 e. The third kappa shape index (κ3) is 36.9. The summed E-state index contributed by atoms with van der Waals surface area (Å²) >= 11 is 18.2. The van der Waals surface area contributed by atoms with Crippen LogP contribution in [-0.4, -0.2) is 182 Å². The van der Waals surface area contributed by atoms with E-state index in [1.54, 1.807) is 77.7 Å². The summed E-state index contributed by atoms with van der Waals surface area (Å²) in [6.45, 7) is 34.7. The van der Waals surface area contributed by atoms with Crippen LogP contribution in [0.2, 0.25) is 38.3 Å². The quantitative estimate of drug-likeness (QED) is 0.0197. The zero-order valence-corrected chi connectivity index (χ0v) is 85.8. The third-order valence-corrected chi connectivity index (χ3v) is 30.2.